The highest BCUT2D eigenvalue weighted by molar-refractivity contribution is 5.82. The normalized spacial score (nSPS) is 9.50. The summed E-state index contributed by atoms with van der Waals surface area (Å²) in [5.41, 5.74) is 0.621. The lowest BCUT2D eigenvalue weighted by Crippen LogP contribution is -2.24. The van der Waals surface area contributed by atoms with Crippen LogP contribution in [0.15, 0.2) is 31.0 Å². The number of rotatable bonds is 5. The van der Waals surface area contributed by atoms with Crippen LogP contribution >= 0.6 is 0 Å². The summed E-state index contributed by atoms with van der Waals surface area (Å²) in [6.07, 6.45) is 4.31. The van der Waals surface area contributed by atoms with Crippen molar-refractivity contribution in [1.29, 1.82) is 0 Å². The Kier molecular flexibility index (Phi) is 3.85. The molecule has 0 amide bonds. The first kappa shape index (κ1) is 10.4. The van der Waals surface area contributed by atoms with Crippen molar-refractivity contribution < 1.29 is 4.79 Å². The second-order valence-corrected chi connectivity index (χ2v) is 2.86. The molecule has 0 N–H and O–H groups in total. The van der Waals surface area contributed by atoms with Crippen molar-refractivity contribution >= 4 is 12.1 Å². The van der Waals surface area contributed by atoms with Crippen LogP contribution in [0.2, 0.25) is 0 Å². The molecule has 14 heavy (non-hydrogen) atoms. The van der Waals surface area contributed by atoms with Crippen molar-refractivity contribution in [2.75, 3.05) is 18.0 Å². The molecule has 0 saturated heterocycles. The SMILES string of the molecule is C=CCN(CC)c1ncccc1C=O. The highest BCUT2D eigenvalue weighted by atomic mass is 16.1. The van der Waals surface area contributed by atoms with Gasteiger partial charge in [0.2, 0.25) is 0 Å². The van der Waals surface area contributed by atoms with Gasteiger partial charge in [-0.1, -0.05) is 6.08 Å². The van der Waals surface area contributed by atoms with Crippen LogP contribution in [0.1, 0.15) is 17.3 Å². The van der Waals surface area contributed by atoms with Crippen molar-refractivity contribution in [3.05, 3.63) is 36.5 Å². The Bertz CT molecular complexity index is 323. The van der Waals surface area contributed by atoms with Gasteiger partial charge >= 0.3 is 0 Å². The maximum Gasteiger partial charge on any atom is 0.153 e. The van der Waals surface area contributed by atoms with E-state index in [9.17, 15) is 4.79 Å². The topological polar surface area (TPSA) is 33.2 Å². The molecule has 0 saturated carbocycles. The van der Waals surface area contributed by atoms with Crippen LogP contribution < -0.4 is 4.90 Å². The van der Waals surface area contributed by atoms with E-state index in [1.807, 2.05) is 11.8 Å². The first-order chi connectivity index (χ1) is 6.83. The average molecular weight is 190 g/mol. The maximum absolute atomic E-state index is 10.8. The van der Waals surface area contributed by atoms with E-state index in [2.05, 4.69) is 11.6 Å². The van der Waals surface area contributed by atoms with Crippen molar-refractivity contribution in [2.45, 2.75) is 6.92 Å². The molecule has 0 fully saturated rings. The van der Waals surface area contributed by atoms with Crippen LogP contribution in [0.3, 0.4) is 0 Å². The summed E-state index contributed by atoms with van der Waals surface area (Å²) in [7, 11) is 0. The molecule has 1 heterocycles. The number of aromatic nitrogens is 1. The predicted octanol–water partition coefficient (Wildman–Crippen LogP) is 1.91. The molecule has 0 atom stereocenters. The molecule has 1 rings (SSSR count). The number of nitrogens with zero attached hydrogens (tertiary/aromatic N) is 2. The number of likely N-dealkylation sites (N-methyl/N-ethyl adjacent to an activating group) is 1. The Morgan fingerprint density at radius 2 is 2.43 bits per heavy atom. The Morgan fingerprint density at radius 1 is 1.64 bits per heavy atom. The molecule has 74 valence electrons. The molecule has 0 unspecified atom stereocenters. The van der Waals surface area contributed by atoms with Gasteiger partial charge in [0, 0.05) is 19.3 Å². The molecule has 0 radical (unpaired) electrons. The minimum Gasteiger partial charge on any atom is -0.353 e. The molecular weight excluding hydrogens is 176 g/mol. The lowest BCUT2D eigenvalue weighted by Gasteiger charge is -2.20. The third-order valence-corrected chi connectivity index (χ3v) is 1.97. The van der Waals surface area contributed by atoms with Crippen LogP contribution in [0.25, 0.3) is 0 Å². The van der Waals surface area contributed by atoms with Gasteiger partial charge in [-0.2, -0.15) is 0 Å². The van der Waals surface area contributed by atoms with Crippen LogP contribution in [-0.2, 0) is 0 Å². The van der Waals surface area contributed by atoms with Gasteiger partial charge in [0.25, 0.3) is 0 Å². The summed E-state index contributed by atoms with van der Waals surface area (Å²) < 4.78 is 0. The van der Waals surface area contributed by atoms with E-state index in [4.69, 9.17) is 0 Å². The minimum absolute atomic E-state index is 0.621. The van der Waals surface area contributed by atoms with Gasteiger partial charge in [0.1, 0.15) is 5.82 Å². The summed E-state index contributed by atoms with van der Waals surface area (Å²) in [6.45, 7) is 7.20. The van der Waals surface area contributed by atoms with E-state index in [0.29, 0.717) is 12.1 Å². The lowest BCUT2D eigenvalue weighted by atomic mass is 10.2. The highest BCUT2D eigenvalue weighted by Crippen LogP contribution is 2.14. The van der Waals surface area contributed by atoms with E-state index in [1.54, 1.807) is 24.4 Å². The first-order valence-electron chi connectivity index (χ1n) is 4.59. The summed E-state index contributed by atoms with van der Waals surface area (Å²) in [5.74, 6) is 0.727. The fourth-order valence-corrected chi connectivity index (χ4v) is 1.29. The number of aldehydes is 1. The highest BCUT2D eigenvalue weighted by Gasteiger charge is 2.08. The number of anilines is 1. The molecule has 1 aromatic heterocycles. The number of hydrogen-bond acceptors (Lipinski definition) is 3. The van der Waals surface area contributed by atoms with Gasteiger partial charge in [-0.05, 0) is 19.1 Å². The second kappa shape index (κ2) is 5.17. The summed E-state index contributed by atoms with van der Waals surface area (Å²) >= 11 is 0. The largest absolute Gasteiger partial charge is 0.353 e. The van der Waals surface area contributed by atoms with Gasteiger partial charge < -0.3 is 4.90 Å². The zero-order valence-corrected chi connectivity index (χ0v) is 8.31. The summed E-state index contributed by atoms with van der Waals surface area (Å²) in [5, 5.41) is 0. The molecule has 1 aromatic rings. The second-order valence-electron chi connectivity index (χ2n) is 2.86. The Morgan fingerprint density at radius 3 is 3.00 bits per heavy atom. The molecular formula is C11H14N2O. The monoisotopic (exact) mass is 190 g/mol. The van der Waals surface area contributed by atoms with Gasteiger partial charge in [-0.15, -0.1) is 6.58 Å². The molecule has 0 spiro atoms. The zero-order chi connectivity index (χ0) is 10.4. The molecule has 0 aliphatic carbocycles. The smallest absolute Gasteiger partial charge is 0.153 e. The summed E-state index contributed by atoms with van der Waals surface area (Å²) in [6, 6.07) is 3.52. The third-order valence-electron chi connectivity index (χ3n) is 1.97. The Labute approximate surface area is 84.1 Å². The van der Waals surface area contributed by atoms with E-state index in [-0.39, 0.29) is 0 Å². The fraction of sp³-hybridized carbons (Fsp3) is 0.273. The van der Waals surface area contributed by atoms with Crippen molar-refractivity contribution in [1.82, 2.24) is 4.98 Å². The number of hydrogen-bond donors (Lipinski definition) is 0. The lowest BCUT2D eigenvalue weighted by molar-refractivity contribution is 0.112. The van der Waals surface area contributed by atoms with E-state index in [0.717, 1.165) is 18.6 Å². The van der Waals surface area contributed by atoms with Gasteiger partial charge in [0.15, 0.2) is 6.29 Å². The van der Waals surface area contributed by atoms with Gasteiger partial charge in [-0.3, -0.25) is 4.79 Å². The van der Waals surface area contributed by atoms with Gasteiger partial charge in [-0.25, -0.2) is 4.98 Å². The molecule has 3 heteroatoms. The third kappa shape index (κ3) is 2.19. The number of carbonyl (C=O) groups is 1. The van der Waals surface area contributed by atoms with Crippen LogP contribution in [-0.4, -0.2) is 24.4 Å². The molecule has 0 aromatic carbocycles. The quantitative estimate of drug-likeness (QED) is 0.525. The number of carbonyl (C=O) groups excluding carboxylic acids is 1. The Hall–Kier alpha value is -1.64. The minimum atomic E-state index is 0.621. The standard InChI is InChI=1S/C11H14N2O/c1-3-8-13(4-2)11-10(9-14)6-5-7-12-11/h3,5-7,9H,1,4,8H2,2H3. The van der Waals surface area contributed by atoms with Crippen LogP contribution in [0.4, 0.5) is 5.82 Å². The van der Waals surface area contributed by atoms with Crippen LogP contribution in [0, 0.1) is 0 Å². The van der Waals surface area contributed by atoms with Crippen molar-refractivity contribution in [3.8, 4) is 0 Å². The predicted molar refractivity (Wildman–Crippen MR) is 57.7 cm³/mol. The molecule has 0 bridgehead atoms. The van der Waals surface area contributed by atoms with Crippen LogP contribution in [0.5, 0.6) is 0 Å². The molecule has 0 aliphatic rings. The maximum atomic E-state index is 10.8. The zero-order valence-electron chi connectivity index (χ0n) is 8.31. The average Bonchev–Trinajstić information content (AvgIpc) is 2.26. The summed E-state index contributed by atoms with van der Waals surface area (Å²) in [4.78, 5) is 16.9. The van der Waals surface area contributed by atoms with E-state index < -0.39 is 0 Å². The fourth-order valence-electron chi connectivity index (χ4n) is 1.29. The molecule has 0 aliphatic heterocycles. The van der Waals surface area contributed by atoms with Crippen molar-refractivity contribution in [3.63, 3.8) is 0 Å². The number of pyridine rings is 1. The van der Waals surface area contributed by atoms with E-state index in [1.165, 1.54) is 0 Å². The van der Waals surface area contributed by atoms with E-state index >= 15 is 0 Å². The Balaban J connectivity index is 3.01. The van der Waals surface area contributed by atoms with Gasteiger partial charge in [0.05, 0.1) is 5.56 Å². The molecule has 3 nitrogen and oxygen atoms in total. The first-order valence-corrected chi connectivity index (χ1v) is 4.59. The van der Waals surface area contributed by atoms with Crippen molar-refractivity contribution in [2.24, 2.45) is 0 Å².